The zero-order valence-corrected chi connectivity index (χ0v) is 25.7. The Kier molecular flexibility index (Phi) is 12.5. The van der Waals surface area contributed by atoms with Crippen LogP contribution in [0.4, 0.5) is 0 Å². The van der Waals surface area contributed by atoms with Gasteiger partial charge < -0.3 is 15.3 Å². The molecule has 0 aliphatic heterocycles. The van der Waals surface area contributed by atoms with Crippen molar-refractivity contribution in [3.8, 4) is 12.3 Å². The molecule has 2 amide bonds. The van der Waals surface area contributed by atoms with Crippen molar-refractivity contribution in [1.29, 1.82) is 0 Å². The molecule has 3 aromatic carbocycles. The molecule has 10 heteroatoms. The molecule has 2 unspecified atom stereocenters. The molecule has 0 aromatic heterocycles. The fraction of sp³-hybridized carbons (Fsp3) is 0.333. The summed E-state index contributed by atoms with van der Waals surface area (Å²) in [7, 11) is -2.37. The number of sulfonamides is 1. The highest BCUT2D eigenvalue weighted by Gasteiger charge is 2.26. The van der Waals surface area contributed by atoms with Crippen molar-refractivity contribution in [3.05, 3.63) is 101 Å². The monoisotopic (exact) mass is 604 g/mol. The summed E-state index contributed by atoms with van der Waals surface area (Å²) >= 11 is 0. The van der Waals surface area contributed by atoms with Gasteiger partial charge in [0.25, 0.3) is 21.8 Å². The molecule has 0 spiro atoms. The minimum atomic E-state index is -3.87. The van der Waals surface area contributed by atoms with Crippen molar-refractivity contribution >= 4 is 21.8 Å². The van der Waals surface area contributed by atoms with Gasteiger partial charge in [0.2, 0.25) is 0 Å². The Balaban J connectivity index is 1.84. The maximum Gasteiger partial charge on any atom is 0.253 e. The molecule has 228 valence electrons. The van der Waals surface area contributed by atoms with Crippen molar-refractivity contribution < 1.29 is 23.1 Å². The maximum absolute atomic E-state index is 13.6. The first-order chi connectivity index (χ1) is 20.6. The number of nitrogens with one attached hydrogen (secondary N) is 2. The molecular weight excluding hydrogens is 564 g/mol. The van der Waals surface area contributed by atoms with E-state index in [1.807, 2.05) is 44.2 Å². The van der Waals surface area contributed by atoms with Crippen LogP contribution in [0.1, 0.15) is 58.5 Å². The Morgan fingerprint density at radius 1 is 0.930 bits per heavy atom. The zero-order chi connectivity index (χ0) is 31.4. The first kappa shape index (κ1) is 33.5. The second-order valence-electron chi connectivity index (χ2n) is 10.4. The fourth-order valence-corrected chi connectivity index (χ4v) is 5.81. The Hall–Kier alpha value is -4.01. The molecule has 0 saturated heterocycles. The van der Waals surface area contributed by atoms with E-state index in [2.05, 4.69) is 16.1 Å². The van der Waals surface area contributed by atoms with Gasteiger partial charge in [0.1, 0.15) is 0 Å². The van der Waals surface area contributed by atoms with Crippen LogP contribution in [0.3, 0.4) is 0 Å². The Morgan fingerprint density at radius 3 is 2.09 bits per heavy atom. The number of rotatable bonds is 15. The number of carbonyl (C=O) groups is 2. The molecule has 3 N–H and O–H groups in total. The van der Waals surface area contributed by atoms with E-state index in [4.69, 9.17) is 6.42 Å². The van der Waals surface area contributed by atoms with Crippen LogP contribution in [-0.2, 0) is 16.4 Å². The molecular formula is C33H40N4O5S. The van der Waals surface area contributed by atoms with E-state index in [0.29, 0.717) is 24.2 Å². The molecule has 0 bridgehead atoms. The predicted octanol–water partition coefficient (Wildman–Crippen LogP) is 3.46. The van der Waals surface area contributed by atoms with Gasteiger partial charge in [0.15, 0.2) is 0 Å². The van der Waals surface area contributed by atoms with Crippen LogP contribution in [0, 0.1) is 12.3 Å². The van der Waals surface area contributed by atoms with Gasteiger partial charge in [-0.05, 0) is 55.2 Å². The van der Waals surface area contributed by atoms with Crippen molar-refractivity contribution in [2.24, 2.45) is 0 Å². The van der Waals surface area contributed by atoms with Crippen molar-refractivity contribution in [2.45, 2.75) is 50.2 Å². The molecule has 0 aliphatic rings. The number of hydrazine groups is 1. The summed E-state index contributed by atoms with van der Waals surface area (Å²) in [6, 6.07) is 21.1. The van der Waals surface area contributed by atoms with Gasteiger partial charge in [-0.15, -0.1) is 11.3 Å². The van der Waals surface area contributed by atoms with E-state index in [1.54, 1.807) is 29.2 Å². The predicted molar refractivity (Wildman–Crippen MR) is 168 cm³/mol. The van der Waals surface area contributed by atoms with Gasteiger partial charge in [-0.1, -0.05) is 68.3 Å². The summed E-state index contributed by atoms with van der Waals surface area (Å²) in [6.45, 7) is 5.04. The highest BCUT2D eigenvalue weighted by Crippen LogP contribution is 2.16. The van der Waals surface area contributed by atoms with E-state index in [0.717, 1.165) is 18.4 Å². The van der Waals surface area contributed by atoms with E-state index in [9.17, 15) is 23.1 Å². The molecule has 0 saturated carbocycles. The first-order valence-electron chi connectivity index (χ1n) is 14.3. The molecule has 0 aliphatic carbocycles. The summed E-state index contributed by atoms with van der Waals surface area (Å²) in [5.41, 5.74) is 1.76. The standard InChI is InChI=1S/C33H40N4O5S/c1-5-18-37(19-6-2)33(40)28-21-25(7-3)20-27(23-28)32(39)34-30(22-26-14-10-8-11-15-26)31(38)24-36(4)35-43(41,42)29-16-12-9-13-17-29/h3,8-17,20-21,23,30-31,35,38H,5-6,18-19,22,24H2,1-2,4H3,(H,34,39). The lowest BCUT2D eigenvalue weighted by Gasteiger charge is -2.28. The van der Waals surface area contributed by atoms with Crippen molar-refractivity contribution in [2.75, 3.05) is 26.7 Å². The number of benzene rings is 3. The third kappa shape index (κ3) is 9.76. The van der Waals surface area contributed by atoms with Crippen LogP contribution in [0.2, 0.25) is 0 Å². The number of hydrogen-bond donors (Lipinski definition) is 3. The summed E-state index contributed by atoms with van der Waals surface area (Å²) in [5, 5.41) is 15.4. The number of amides is 2. The normalized spacial score (nSPS) is 12.7. The van der Waals surface area contributed by atoms with Gasteiger partial charge in [0, 0.05) is 43.4 Å². The lowest BCUT2D eigenvalue weighted by atomic mass is 9.99. The molecule has 43 heavy (non-hydrogen) atoms. The van der Waals surface area contributed by atoms with E-state index in [1.165, 1.54) is 36.3 Å². The average molecular weight is 605 g/mol. The maximum atomic E-state index is 13.6. The quantitative estimate of drug-likeness (QED) is 0.181. The molecule has 3 aromatic rings. The SMILES string of the molecule is C#Cc1cc(C(=O)NC(Cc2ccccc2)C(O)CN(C)NS(=O)(=O)c2ccccc2)cc(C(=O)N(CCC)CCC)c1. The second-order valence-corrected chi connectivity index (χ2v) is 12.0. The zero-order valence-electron chi connectivity index (χ0n) is 24.9. The van der Waals surface area contributed by atoms with E-state index >= 15 is 0 Å². The van der Waals surface area contributed by atoms with E-state index < -0.39 is 28.1 Å². The second kappa shape index (κ2) is 16.0. The highest BCUT2D eigenvalue weighted by molar-refractivity contribution is 7.89. The Morgan fingerprint density at radius 2 is 1.51 bits per heavy atom. The van der Waals surface area contributed by atoms with Crippen LogP contribution in [0.15, 0.2) is 83.8 Å². The number of aliphatic hydroxyl groups is 1. The number of aliphatic hydroxyl groups excluding tert-OH is 1. The Labute approximate surface area is 254 Å². The highest BCUT2D eigenvalue weighted by atomic mass is 32.2. The van der Waals surface area contributed by atoms with Crippen molar-refractivity contribution in [3.63, 3.8) is 0 Å². The third-order valence-electron chi connectivity index (χ3n) is 6.75. The van der Waals surface area contributed by atoms with Gasteiger partial charge in [0.05, 0.1) is 17.0 Å². The summed E-state index contributed by atoms with van der Waals surface area (Å²) in [5.74, 6) is 1.80. The molecule has 0 heterocycles. The summed E-state index contributed by atoms with van der Waals surface area (Å²) < 4.78 is 25.5. The van der Waals surface area contributed by atoms with Crippen LogP contribution >= 0.6 is 0 Å². The number of nitrogens with zero attached hydrogens (tertiary/aromatic N) is 2. The lowest BCUT2D eigenvalue weighted by molar-refractivity contribution is 0.0687. The molecule has 0 radical (unpaired) electrons. The molecule has 0 fully saturated rings. The number of carbonyl (C=O) groups excluding carboxylic acids is 2. The lowest BCUT2D eigenvalue weighted by Crippen LogP contribution is -2.52. The molecule has 3 rings (SSSR count). The minimum Gasteiger partial charge on any atom is -0.390 e. The smallest absolute Gasteiger partial charge is 0.253 e. The number of terminal acetylenes is 1. The van der Waals surface area contributed by atoms with Gasteiger partial charge >= 0.3 is 0 Å². The first-order valence-corrected chi connectivity index (χ1v) is 15.8. The minimum absolute atomic E-state index is 0.0839. The van der Waals surface area contributed by atoms with E-state index in [-0.39, 0.29) is 29.3 Å². The summed E-state index contributed by atoms with van der Waals surface area (Å²) in [4.78, 5) is 31.1. The van der Waals surface area contributed by atoms with Crippen LogP contribution in [0.5, 0.6) is 0 Å². The molecule has 9 nitrogen and oxygen atoms in total. The van der Waals surface area contributed by atoms with Gasteiger partial charge in [-0.3, -0.25) is 9.59 Å². The number of hydrogen-bond acceptors (Lipinski definition) is 6. The molecule has 2 atom stereocenters. The van der Waals surface area contributed by atoms with Gasteiger partial charge in [-0.2, -0.15) is 0 Å². The third-order valence-corrected chi connectivity index (χ3v) is 8.20. The van der Waals surface area contributed by atoms with Crippen LogP contribution in [-0.4, -0.2) is 74.1 Å². The van der Waals surface area contributed by atoms with Gasteiger partial charge in [-0.25, -0.2) is 13.4 Å². The van der Waals surface area contributed by atoms with Crippen LogP contribution in [0.25, 0.3) is 0 Å². The Bertz CT molecular complexity index is 1500. The fourth-order valence-electron chi connectivity index (χ4n) is 4.71. The topological polar surface area (TPSA) is 119 Å². The number of likely N-dealkylation sites (N-methyl/N-ethyl adjacent to an activating group) is 1. The summed E-state index contributed by atoms with van der Waals surface area (Å²) in [6.07, 6.45) is 6.36. The van der Waals surface area contributed by atoms with Crippen molar-refractivity contribution in [1.82, 2.24) is 20.1 Å². The van der Waals surface area contributed by atoms with Crippen LogP contribution < -0.4 is 10.1 Å². The largest absolute Gasteiger partial charge is 0.390 e. The average Bonchev–Trinajstić information content (AvgIpc) is 3.00.